The topological polar surface area (TPSA) is 109 Å². The number of rotatable bonds is 6. The monoisotopic (exact) mass is 384 g/mol. The molecule has 4 amide bonds. The zero-order valence-corrected chi connectivity index (χ0v) is 15.6. The summed E-state index contributed by atoms with van der Waals surface area (Å²) in [7, 11) is 0. The van der Waals surface area contributed by atoms with Gasteiger partial charge in [-0.25, -0.2) is 0 Å². The highest BCUT2D eigenvalue weighted by Crippen LogP contribution is 2.32. The Morgan fingerprint density at radius 2 is 1.04 bits per heavy atom. The molecule has 2 aliphatic heterocycles. The van der Waals surface area contributed by atoms with E-state index in [0.29, 0.717) is 11.1 Å². The minimum atomic E-state index is -1.10. The van der Waals surface area contributed by atoms with E-state index in [1.165, 1.54) is 19.9 Å². The van der Waals surface area contributed by atoms with Crippen LogP contribution < -0.4 is 0 Å². The SMILES string of the molecule is CC(=O)C(c1cccc(C(C(C)=O)N2C(=O)CCC2=O)c1)N1C(=O)CCC1=O. The van der Waals surface area contributed by atoms with Gasteiger partial charge in [0.25, 0.3) is 0 Å². The van der Waals surface area contributed by atoms with Crippen molar-refractivity contribution in [2.24, 2.45) is 0 Å². The van der Waals surface area contributed by atoms with Gasteiger partial charge in [0, 0.05) is 25.7 Å². The summed E-state index contributed by atoms with van der Waals surface area (Å²) < 4.78 is 0. The summed E-state index contributed by atoms with van der Waals surface area (Å²) in [4.78, 5) is 75.0. The fourth-order valence-corrected chi connectivity index (χ4v) is 3.79. The van der Waals surface area contributed by atoms with Crippen LogP contribution in [0.4, 0.5) is 0 Å². The van der Waals surface area contributed by atoms with Crippen molar-refractivity contribution in [3.8, 4) is 0 Å². The molecular formula is C20H20N2O6. The average Bonchev–Trinajstić information content (AvgIpc) is 3.12. The minimum absolute atomic E-state index is 0.0508. The van der Waals surface area contributed by atoms with E-state index in [0.717, 1.165) is 9.80 Å². The van der Waals surface area contributed by atoms with E-state index in [9.17, 15) is 28.8 Å². The van der Waals surface area contributed by atoms with Crippen LogP contribution in [0.3, 0.4) is 0 Å². The summed E-state index contributed by atoms with van der Waals surface area (Å²) in [6.45, 7) is 2.57. The second-order valence-electron chi connectivity index (χ2n) is 7.01. The van der Waals surface area contributed by atoms with Crippen LogP contribution in [0.25, 0.3) is 0 Å². The van der Waals surface area contributed by atoms with Crippen LogP contribution in [-0.4, -0.2) is 45.0 Å². The van der Waals surface area contributed by atoms with Crippen molar-refractivity contribution < 1.29 is 28.8 Å². The first-order valence-electron chi connectivity index (χ1n) is 9.03. The Labute approximate surface area is 161 Å². The van der Waals surface area contributed by atoms with E-state index in [2.05, 4.69) is 0 Å². The van der Waals surface area contributed by atoms with Gasteiger partial charge in [-0.05, 0) is 25.0 Å². The second kappa shape index (κ2) is 7.46. The van der Waals surface area contributed by atoms with Crippen molar-refractivity contribution in [1.29, 1.82) is 0 Å². The molecule has 2 saturated heterocycles. The van der Waals surface area contributed by atoms with Gasteiger partial charge in [0.05, 0.1) is 0 Å². The largest absolute Gasteiger partial charge is 0.297 e. The predicted molar refractivity (Wildman–Crippen MR) is 95.5 cm³/mol. The molecule has 1 aromatic rings. The van der Waals surface area contributed by atoms with Gasteiger partial charge in [-0.1, -0.05) is 24.3 Å². The molecule has 2 aliphatic rings. The molecule has 0 aromatic heterocycles. The van der Waals surface area contributed by atoms with Gasteiger partial charge in [-0.2, -0.15) is 0 Å². The lowest BCUT2D eigenvalue weighted by atomic mass is 9.95. The van der Waals surface area contributed by atoms with Gasteiger partial charge in [-0.3, -0.25) is 38.6 Å². The molecule has 2 heterocycles. The third-order valence-corrected chi connectivity index (χ3v) is 5.01. The van der Waals surface area contributed by atoms with Crippen LogP contribution in [0.5, 0.6) is 0 Å². The fraction of sp³-hybridized carbons (Fsp3) is 0.400. The lowest BCUT2D eigenvalue weighted by molar-refractivity contribution is -0.146. The fourth-order valence-electron chi connectivity index (χ4n) is 3.79. The molecule has 0 radical (unpaired) electrons. The molecular weight excluding hydrogens is 364 g/mol. The molecule has 0 bridgehead atoms. The Bertz CT molecular complexity index is 804. The number of hydrogen-bond acceptors (Lipinski definition) is 6. The third-order valence-electron chi connectivity index (χ3n) is 5.01. The Balaban J connectivity index is 2.04. The van der Waals surface area contributed by atoms with Crippen LogP contribution in [-0.2, 0) is 28.8 Å². The zero-order valence-electron chi connectivity index (χ0n) is 15.6. The standard InChI is InChI=1S/C20H20N2O6/c1-11(23)19(21-15(25)6-7-16(21)26)13-4-3-5-14(10-13)20(12(2)24)22-17(27)8-9-18(22)28/h3-5,10,19-20H,6-9H2,1-2H3. The number of Topliss-reactive ketones (excluding diaryl/α,β-unsaturated/α-hetero) is 2. The second-order valence-corrected chi connectivity index (χ2v) is 7.01. The first kappa shape index (κ1) is 19.6. The quantitative estimate of drug-likeness (QED) is 0.683. The first-order chi connectivity index (χ1) is 13.2. The number of imide groups is 2. The molecule has 146 valence electrons. The van der Waals surface area contributed by atoms with Gasteiger partial charge >= 0.3 is 0 Å². The first-order valence-corrected chi connectivity index (χ1v) is 9.03. The minimum Gasteiger partial charge on any atom is -0.297 e. The molecule has 0 spiro atoms. The smallest absolute Gasteiger partial charge is 0.230 e. The average molecular weight is 384 g/mol. The number of ketones is 2. The van der Waals surface area contributed by atoms with Gasteiger partial charge in [0.15, 0.2) is 11.6 Å². The molecule has 0 aliphatic carbocycles. The summed E-state index contributed by atoms with van der Waals surface area (Å²) in [5.41, 5.74) is 0.720. The van der Waals surface area contributed by atoms with Crippen LogP contribution in [0.15, 0.2) is 24.3 Å². The Kier molecular flexibility index (Phi) is 5.22. The maximum Gasteiger partial charge on any atom is 0.230 e. The number of amides is 4. The summed E-state index contributed by atoms with van der Waals surface area (Å²) in [6.07, 6.45) is 0.203. The number of carbonyl (C=O) groups excluding carboxylic acids is 6. The van der Waals surface area contributed by atoms with Crippen molar-refractivity contribution in [2.45, 2.75) is 51.6 Å². The summed E-state index contributed by atoms with van der Waals surface area (Å²) in [5.74, 6) is -2.50. The third kappa shape index (κ3) is 3.37. The predicted octanol–water partition coefficient (Wildman–Crippen LogP) is 1.24. The van der Waals surface area contributed by atoms with Crippen molar-refractivity contribution in [3.63, 3.8) is 0 Å². The van der Waals surface area contributed by atoms with Crippen LogP contribution in [0.2, 0.25) is 0 Å². The maximum atomic E-state index is 12.3. The van der Waals surface area contributed by atoms with E-state index in [1.807, 2.05) is 0 Å². The zero-order chi connectivity index (χ0) is 20.6. The highest BCUT2D eigenvalue weighted by atomic mass is 16.2. The molecule has 2 atom stereocenters. The highest BCUT2D eigenvalue weighted by Gasteiger charge is 2.40. The molecule has 3 rings (SSSR count). The number of carbonyl (C=O) groups is 6. The number of benzene rings is 1. The lowest BCUT2D eigenvalue weighted by Crippen LogP contribution is -2.38. The normalized spacial score (nSPS) is 19.4. The van der Waals surface area contributed by atoms with Crippen LogP contribution in [0, 0.1) is 0 Å². The highest BCUT2D eigenvalue weighted by molar-refractivity contribution is 6.07. The van der Waals surface area contributed by atoms with Crippen LogP contribution in [0.1, 0.15) is 62.7 Å². The van der Waals surface area contributed by atoms with Crippen molar-refractivity contribution in [2.75, 3.05) is 0 Å². The molecule has 2 fully saturated rings. The lowest BCUT2D eigenvalue weighted by Gasteiger charge is -2.27. The van der Waals surface area contributed by atoms with E-state index in [1.54, 1.807) is 18.2 Å². The number of hydrogen-bond donors (Lipinski definition) is 0. The molecule has 2 unspecified atom stereocenters. The Morgan fingerprint density at radius 3 is 1.32 bits per heavy atom. The molecule has 0 N–H and O–H groups in total. The molecule has 0 saturated carbocycles. The summed E-state index contributed by atoms with van der Waals surface area (Å²) in [5, 5.41) is 0. The summed E-state index contributed by atoms with van der Waals surface area (Å²) >= 11 is 0. The van der Waals surface area contributed by atoms with Crippen molar-refractivity contribution in [1.82, 2.24) is 9.80 Å². The van der Waals surface area contributed by atoms with Crippen molar-refractivity contribution >= 4 is 35.2 Å². The van der Waals surface area contributed by atoms with Gasteiger partial charge in [-0.15, -0.1) is 0 Å². The van der Waals surface area contributed by atoms with Crippen LogP contribution >= 0.6 is 0 Å². The molecule has 8 heteroatoms. The molecule has 1 aromatic carbocycles. The van der Waals surface area contributed by atoms with Crippen molar-refractivity contribution in [3.05, 3.63) is 35.4 Å². The van der Waals surface area contributed by atoms with E-state index < -0.39 is 47.3 Å². The number of nitrogens with zero attached hydrogens (tertiary/aromatic N) is 2. The Hall–Kier alpha value is -3.16. The van der Waals surface area contributed by atoms with E-state index in [-0.39, 0.29) is 25.7 Å². The summed E-state index contributed by atoms with van der Waals surface area (Å²) in [6, 6.07) is 4.06. The van der Waals surface area contributed by atoms with Gasteiger partial charge in [0.1, 0.15) is 12.1 Å². The molecule has 8 nitrogen and oxygen atoms in total. The number of likely N-dealkylation sites (tertiary alicyclic amines) is 2. The van der Waals surface area contributed by atoms with E-state index >= 15 is 0 Å². The maximum absolute atomic E-state index is 12.3. The molecule has 28 heavy (non-hydrogen) atoms. The Morgan fingerprint density at radius 1 is 0.714 bits per heavy atom. The van der Waals surface area contributed by atoms with Gasteiger partial charge in [0.2, 0.25) is 23.6 Å². The van der Waals surface area contributed by atoms with E-state index in [4.69, 9.17) is 0 Å². The van der Waals surface area contributed by atoms with Gasteiger partial charge < -0.3 is 0 Å².